The van der Waals surface area contributed by atoms with Crippen LogP contribution in [-0.2, 0) is 10.2 Å². The Bertz CT molecular complexity index is 1220. The zero-order valence-corrected chi connectivity index (χ0v) is 15.7. The first-order valence-corrected chi connectivity index (χ1v) is 9.23. The molecule has 0 fully saturated rings. The second-order valence-corrected chi connectivity index (χ2v) is 7.33. The third kappa shape index (κ3) is 2.08. The number of hydrogen-bond donors (Lipinski definition) is 2. The summed E-state index contributed by atoms with van der Waals surface area (Å²) in [5, 5.41) is 11.2. The van der Waals surface area contributed by atoms with Crippen molar-refractivity contribution in [1.82, 2.24) is 9.97 Å². The number of aromatic hydroxyl groups is 1. The summed E-state index contributed by atoms with van der Waals surface area (Å²) in [4.78, 5) is 23.4. The first-order chi connectivity index (χ1) is 13.5. The number of phenolic OH excluding ortho intramolecular Hbond substituents is 1. The van der Waals surface area contributed by atoms with E-state index in [1.165, 1.54) is 6.07 Å². The second kappa shape index (κ2) is 5.84. The molecule has 1 unspecified atom stereocenters. The summed E-state index contributed by atoms with van der Waals surface area (Å²) in [6.45, 7) is 0. The van der Waals surface area contributed by atoms with Crippen molar-refractivity contribution < 1.29 is 9.90 Å². The van der Waals surface area contributed by atoms with Gasteiger partial charge in [-0.1, -0.05) is 41.9 Å². The number of nitrogens with one attached hydrogen (secondary N) is 1. The molecular formula is C22H16ClN3O2. The average Bonchev–Trinajstić information content (AvgIpc) is 3.23. The lowest BCUT2D eigenvalue weighted by molar-refractivity contribution is -0.120. The van der Waals surface area contributed by atoms with Crippen molar-refractivity contribution in [2.75, 3.05) is 11.9 Å². The highest BCUT2D eigenvalue weighted by Crippen LogP contribution is 2.51. The molecule has 1 aliphatic heterocycles. The first-order valence-electron chi connectivity index (χ1n) is 8.85. The van der Waals surface area contributed by atoms with Crippen LogP contribution in [-0.4, -0.2) is 28.0 Å². The second-order valence-electron chi connectivity index (χ2n) is 6.90. The number of phenols is 1. The number of nitrogens with zero attached hydrogens (tertiary/aromatic N) is 2. The van der Waals surface area contributed by atoms with E-state index >= 15 is 0 Å². The van der Waals surface area contributed by atoms with E-state index in [9.17, 15) is 9.90 Å². The number of para-hydroxylation sites is 3. The summed E-state index contributed by atoms with van der Waals surface area (Å²) in [5.41, 5.74) is 2.17. The Labute approximate surface area is 166 Å². The van der Waals surface area contributed by atoms with Gasteiger partial charge < -0.3 is 15.0 Å². The van der Waals surface area contributed by atoms with Crippen LogP contribution in [0, 0.1) is 0 Å². The number of H-pyrrole nitrogens is 1. The molecular weight excluding hydrogens is 374 g/mol. The van der Waals surface area contributed by atoms with Gasteiger partial charge in [0.25, 0.3) is 0 Å². The SMILES string of the molecule is CN1C(=O)C(c2nc3ccccc3[nH]2)(c2cc(Cl)ccc2O)c2ccccc21. The van der Waals surface area contributed by atoms with Crippen molar-refractivity contribution in [3.8, 4) is 5.75 Å². The number of imidazole rings is 1. The van der Waals surface area contributed by atoms with Gasteiger partial charge in [-0.05, 0) is 36.4 Å². The standard InChI is InChI=1S/C22H16ClN3O2/c1-26-18-9-5-2-6-14(18)22(21(26)28,15-12-13(23)10-11-19(15)27)20-24-16-7-3-4-8-17(16)25-20/h2-12,27H,1H3,(H,24,25). The number of carbonyl (C=O) groups is 1. The highest BCUT2D eigenvalue weighted by atomic mass is 35.5. The molecule has 2 heterocycles. The molecule has 2 N–H and O–H groups in total. The van der Waals surface area contributed by atoms with E-state index in [0.29, 0.717) is 16.4 Å². The number of fused-ring (bicyclic) bond motifs is 2. The summed E-state index contributed by atoms with van der Waals surface area (Å²) in [6, 6.07) is 19.9. The van der Waals surface area contributed by atoms with E-state index in [1.807, 2.05) is 48.5 Å². The summed E-state index contributed by atoms with van der Waals surface area (Å²) >= 11 is 6.27. The quantitative estimate of drug-likeness (QED) is 0.539. The van der Waals surface area contributed by atoms with Crippen LogP contribution in [0.1, 0.15) is 17.0 Å². The topological polar surface area (TPSA) is 69.2 Å². The Morgan fingerprint density at radius 1 is 1.04 bits per heavy atom. The van der Waals surface area contributed by atoms with Crippen LogP contribution in [0.4, 0.5) is 5.69 Å². The van der Waals surface area contributed by atoms with Crippen LogP contribution in [0.2, 0.25) is 5.02 Å². The zero-order chi connectivity index (χ0) is 19.5. The number of amides is 1. The van der Waals surface area contributed by atoms with Gasteiger partial charge >= 0.3 is 0 Å². The molecule has 1 amide bonds. The largest absolute Gasteiger partial charge is 0.508 e. The Morgan fingerprint density at radius 2 is 1.79 bits per heavy atom. The molecule has 1 atom stereocenters. The third-order valence-corrected chi connectivity index (χ3v) is 5.64. The van der Waals surface area contributed by atoms with Crippen molar-refractivity contribution in [1.29, 1.82) is 0 Å². The highest BCUT2D eigenvalue weighted by Gasteiger charge is 2.55. The summed E-state index contributed by atoms with van der Waals surface area (Å²) < 4.78 is 0. The summed E-state index contributed by atoms with van der Waals surface area (Å²) in [5.74, 6) is 0.238. The number of carbonyl (C=O) groups excluding carboxylic acids is 1. The van der Waals surface area contributed by atoms with Crippen LogP contribution in [0.3, 0.4) is 0 Å². The predicted molar refractivity (Wildman–Crippen MR) is 109 cm³/mol. The molecule has 0 spiro atoms. The molecule has 0 bridgehead atoms. The molecule has 28 heavy (non-hydrogen) atoms. The van der Waals surface area contributed by atoms with Gasteiger partial charge in [-0.2, -0.15) is 0 Å². The van der Waals surface area contributed by atoms with Crippen molar-refractivity contribution >= 4 is 34.2 Å². The number of aromatic amines is 1. The van der Waals surface area contributed by atoms with Gasteiger partial charge in [-0.15, -0.1) is 0 Å². The molecule has 5 nitrogen and oxygen atoms in total. The van der Waals surface area contributed by atoms with Gasteiger partial charge in [0.15, 0.2) is 5.41 Å². The third-order valence-electron chi connectivity index (χ3n) is 5.40. The van der Waals surface area contributed by atoms with Gasteiger partial charge in [0, 0.05) is 28.9 Å². The zero-order valence-electron chi connectivity index (χ0n) is 15.0. The van der Waals surface area contributed by atoms with E-state index in [2.05, 4.69) is 4.98 Å². The van der Waals surface area contributed by atoms with E-state index in [0.717, 1.165) is 22.3 Å². The molecule has 1 aliphatic rings. The van der Waals surface area contributed by atoms with Crippen LogP contribution < -0.4 is 4.90 Å². The maximum Gasteiger partial charge on any atom is 0.249 e. The van der Waals surface area contributed by atoms with Crippen molar-refractivity contribution in [2.24, 2.45) is 0 Å². The lowest BCUT2D eigenvalue weighted by Crippen LogP contribution is -2.41. The minimum atomic E-state index is -1.32. The smallest absolute Gasteiger partial charge is 0.249 e. The maximum absolute atomic E-state index is 13.7. The monoisotopic (exact) mass is 389 g/mol. The lowest BCUT2D eigenvalue weighted by Gasteiger charge is -2.27. The van der Waals surface area contributed by atoms with E-state index < -0.39 is 5.41 Å². The Balaban J connectivity index is 1.94. The normalized spacial score (nSPS) is 18.6. The minimum Gasteiger partial charge on any atom is -0.508 e. The molecule has 5 rings (SSSR count). The number of anilines is 1. The Hall–Kier alpha value is -3.31. The van der Waals surface area contributed by atoms with Gasteiger partial charge in [0.05, 0.1) is 11.0 Å². The van der Waals surface area contributed by atoms with Gasteiger partial charge in [0.1, 0.15) is 11.6 Å². The Kier molecular flexibility index (Phi) is 3.51. The van der Waals surface area contributed by atoms with Crippen molar-refractivity contribution in [2.45, 2.75) is 5.41 Å². The number of halogens is 1. The average molecular weight is 390 g/mol. The molecule has 0 radical (unpaired) electrons. The molecule has 0 saturated heterocycles. The number of benzene rings is 3. The minimum absolute atomic E-state index is 0.0108. The molecule has 4 aromatic rings. The maximum atomic E-state index is 13.7. The van der Waals surface area contributed by atoms with E-state index in [1.54, 1.807) is 24.1 Å². The highest BCUT2D eigenvalue weighted by molar-refractivity contribution is 6.30. The molecule has 0 aliphatic carbocycles. The molecule has 3 aromatic carbocycles. The lowest BCUT2D eigenvalue weighted by atomic mass is 9.74. The first kappa shape index (κ1) is 16.8. The molecule has 138 valence electrons. The number of rotatable bonds is 2. The van der Waals surface area contributed by atoms with Gasteiger partial charge in [-0.3, -0.25) is 4.79 Å². The molecule has 6 heteroatoms. The van der Waals surface area contributed by atoms with Gasteiger partial charge in [0.2, 0.25) is 5.91 Å². The Morgan fingerprint density at radius 3 is 2.61 bits per heavy atom. The van der Waals surface area contributed by atoms with Crippen LogP contribution in [0.15, 0.2) is 66.7 Å². The number of aromatic nitrogens is 2. The summed E-state index contributed by atoms with van der Waals surface area (Å²) in [6.07, 6.45) is 0. The molecule has 1 aromatic heterocycles. The number of hydrogen-bond acceptors (Lipinski definition) is 3. The fourth-order valence-electron chi connectivity index (χ4n) is 4.12. The van der Waals surface area contributed by atoms with Crippen molar-refractivity contribution in [3.05, 3.63) is 88.7 Å². The van der Waals surface area contributed by atoms with Crippen LogP contribution in [0.25, 0.3) is 11.0 Å². The van der Waals surface area contributed by atoms with Crippen molar-refractivity contribution in [3.63, 3.8) is 0 Å². The fourth-order valence-corrected chi connectivity index (χ4v) is 4.29. The number of likely N-dealkylation sites (N-methyl/N-ethyl adjacent to an activating group) is 1. The van der Waals surface area contributed by atoms with E-state index in [-0.39, 0.29) is 11.7 Å². The van der Waals surface area contributed by atoms with Gasteiger partial charge in [-0.25, -0.2) is 4.98 Å². The predicted octanol–water partition coefficient (Wildman–Crippen LogP) is 4.23. The molecule has 0 saturated carbocycles. The van der Waals surface area contributed by atoms with Crippen LogP contribution >= 0.6 is 11.6 Å². The van der Waals surface area contributed by atoms with E-state index in [4.69, 9.17) is 16.6 Å². The van der Waals surface area contributed by atoms with Crippen LogP contribution in [0.5, 0.6) is 5.75 Å². The fraction of sp³-hybridized carbons (Fsp3) is 0.0909. The summed E-state index contributed by atoms with van der Waals surface area (Å²) in [7, 11) is 1.73.